The Labute approximate surface area is 122 Å². The zero-order chi connectivity index (χ0) is 16.4. The Morgan fingerprint density at radius 2 is 1.50 bits per heavy atom. The van der Waals surface area contributed by atoms with Crippen LogP contribution in [0.5, 0.6) is 5.75 Å². The molecule has 0 fully saturated rings. The molecule has 22 heavy (non-hydrogen) atoms. The predicted octanol–water partition coefficient (Wildman–Crippen LogP) is 3.64. The molecule has 0 amide bonds. The second-order valence-corrected chi connectivity index (χ2v) is 4.37. The van der Waals surface area contributed by atoms with Gasteiger partial charge in [-0.3, -0.25) is 0 Å². The Morgan fingerprint density at radius 1 is 1.00 bits per heavy atom. The number of esters is 1. The van der Waals surface area contributed by atoms with Crippen molar-refractivity contribution in [1.29, 1.82) is 5.26 Å². The fourth-order valence-corrected chi connectivity index (χ4v) is 1.77. The van der Waals surface area contributed by atoms with Crippen LogP contribution in [0, 0.1) is 41.5 Å². The van der Waals surface area contributed by atoms with Crippen LogP contribution in [0.2, 0.25) is 0 Å². The molecule has 0 aliphatic rings. The summed E-state index contributed by atoms with van der Waals surface area (Å²) < 4.78 is 58.5. The molecule has 0 radical (unpaired) electrons. The normalized spacial score (nSPS) is 10.2. The maximum absolute atomic E-state index is 13.6. The minimum atomic E-state index is -1.45. The van der Waals surface area contributed by atoms with Gasteiger partial charge in [-0.05, 0) is 24.6 Å². The molecule has 0 unspecified atom stereocenters. The van der Waals surface area contributed by atoms with E-state index in [2.05, 4.69) is 4.74 Å². The van der Waals surface area contributed by atoms with Crippen LogP contribution in [-0.4, -0.2) is 5.97 Å². The summed E-state index contributed by atoms with van der Waals surface area (Å²) in [6.07, 6.45) is 0. The van der Waals surface area contributed by atoms with Crippen LogP contribution in [-0.2, 0) is 0 Å². The van der Waals surface area contributed by atoms with E-state index in [1.165, 1.54) is 13.0 Å². The molecule has 0 aliphatic carbocycles. The van der Waals surface area contributed by atoms with Gasteiger partial charge in [-0.25, -0.2) is 22.4 Å². The van der Waals surface area contributed by atoms with Gasteiger partial charge in [-0.2, -0.15) is 5.26 Å². The fourth-order valence-electron chi connectivity index (χ4n) is 1.77. The van der Waals surface area contributed by atoms with Gasteiger partial charge < -0.3 is 4.74 Å². The molecule has 2 rings (SSSR count). The van der Waals surface area contributed by atoms with Crippen LogP contribution >= 0.6 is 0 Å². The second kappa shape index (κ2) is 5.85. The molecular formula is C15H7F4NO2. The molecule has 0 aromatic heterocycles. The summed E-state index contributed by atoms with van der Waals surface area (Å²) in [6.45, 7) is 1.42. The predicted molar refractivity (Wildman–Crippen MR) is 67.1 cm³/mol. The zero-order valence-corrected chi connectivity index (χ0v) is 11.1. The van der Waals surface area contributed by atoms with E-state index >= 15 is 0 Å². The molecule has 0 spiro atoms. The number of carbonyl (C=O) groups excluding carboxylic acids is 1. The first-order chi connectivity index (χ1) is 10.3. The number of rotatable bonds is 2. The minimum Gasteiger partial charge on any atom is -0.423 e. The number of halogens is 4. The summed E-state index contributed by atoms with van der Waals surface area (Å²) in [6, 6.07) is 4.27. The lowest BCUT2D eigenvalue weighted by molar-refractivity contribution is 0.0724. The van der Waals surface area contributed by atoms with Crippen molar-refractivity contribution >= 4 is 5.97 Å². The number of nitrogens with zero attached hydrogens (tertiary/aromatic N) is 1. The summed E-state index contributed by atoms with van der Waals surface area (Å²) in [5.41, 5.74) is -1.58. The van der Waals surface area contributed by atoms with Gasteiger partial charge in [0.15, 0.2) is 0 Å². The van der Waals surface area contributed by atoms with E-state index in [1.54, 1.807) is 0 Å². The first-order valence-electron chi connectivity index (χ1n) is 5.90. The van der Waals surface area contributed by atoms with Crippen molar-refractivity contribution in [2.45, 2.75) is 6.92 Å². The van der Waals surface area contributed by atoms with E-state index in [1.807, 2.05) is 0 Å². The molecule has 0 N–H and O–H groups in total. The smallest absolute Gasteiger partial charge is 0.349 e. The average Bonchev–Trinajstić information content (AvgIpc) is 2.36. The highest BCUT2D eigenvalue weighted by atomic mass is 19.1. The van der Waals surface area contributed by atoms with E-state index in [9.17, 15) is 22.4 Å². The highest BCUT2D eigenvalue weighted by molar-refractivity contribution is 5.91. The van der Waals surface area contributed by atoms with Crippen LogP contribution < -0.4 is 4.74 Å². The summed E-state index contributed by atoms with van der Waals surface area (Å²) in [4.78, 5) is 11.7. The molecule has 0 atom stereocenters. The van der Waals surface area contributed by atoms with Crippen molar-refractivity contribution in [2.24, 2.45) is 0 Å². The largest absolute Gasteiger partial charge is 0.423 e. The lowest BCUT2D eigenvalue weighted by Crippen LogP contribution is -2.14. The molecule has 0 bridgehead atoms. The first-order valence-corrected chi connectivity index (χ1v) is 5.90. The topological polar surface area (TPSA) is 50.1 Å². The second-order valence-electron chi connectivity index (χ2n) is 4.37. The average molecular weight is 309 g/mol. The molecule has 0 saturated heterocycles. The highest BCUT2D eigenvalue weighted by Crippen LogP contribution is 2.22. The zero-order valence-electron chi connectivity index (χ0n) is 11.1. The number of benzene rings is 2. The fraction of sp³-hybridized carbons (Fsp3) is 0.0667. The van der Waals surface area contributed by atoms with Crippen LogP contribution in [0.25, 0.3) is 0 Å². The van der Waals surface area contributed by atoms with Crippen molar-refractivity contribution in [3.8, 4) is 11.8 Å². The Bertz CT molecular complexity index is 766. The van der Waals surface area contributed by atoms with Crippen molar-refractivity contribution < 1.29 is 27.1 Å². The lowest BCUT2D eigenvalue weighted by atomic mass is 10.1. The summed E-state index contributed by atoms with van der Waals surface area (Å²) >= 11 is 0. The minimum absolute atomic E-state index is 0.252. The van der Waals surface area contributed by atoms with Gasteiger partial charge >= 0.3 is 5.97 Å². The molecule has 0 heterocycles. The molecule has 7 heteroatoms. The molecular weight excluding hydrogens is 302 g/mol. The van der Waals surface area contributed by atoms with Gasteiger partial charge in [-0.15, -0.1) is 0 Å². The van der Waals surface area contributed by atoms with Gasteiger partial charge in [0.05, 0.1) is 0 Å². The maximum atomic E-state index is 13.6. The quantitative estimate of drug-likeness (QED) is 0.483. The number of hydrogen-bond acceptors (Lipinski definition) is 3. The molecule has 0 saturated carbocycles. The molecule has 2 aromatic carbocycles. The SMILES string of the molecule is Cc1cc(F)c(C(=O)Oc2cc(F)c(C#N)c(F)c2)c(F)c1. The third kappa shape index (κ3) is 2.91. The molecule has 3 nitrogen and oxygen atoms in total. The number of hydrogen-bond donors (Lipinski definition) is 0. The van der Waals surface area contributed by atoms with E-state index in [-0.39, 0.29) is 5.56 Å². The van der Waals surface area contributed by atoms with E-state index < -0.39 is 46.1 Å². The molecule has 2 aromatic rings. The highest BCUT2D eigenvalue weighted by Gasteiger charge is 2.21. The third-order valence-electron chi connectivity index (χ3n) is 2.73. The number of carbonyl (C=O) groups is 1. The molecule has 112 valence electrons. The Morgan fingerprint density at radius 3 is 1.95 bits per heavy atom. The summed E-state index contributed by atoms with van der Waals surface area (Å²) in [7, 11) is 0. The number of ether oxygens (including phenoxy) is 1. The van der Waals surface area contributed by atoms with Gasteiger partial charge in [-0.1, -0.05) is 0 Å². The van der Waals surface area contributed by atoms with Crippen molar-refractivity contribution in [3.63, 3.8) is 0 Å². The van der Waals surface area contributed by atoms with E-state index in [4.69, 9.17) is 5.26 Å². The van der Waals surface area contributed by atoms with E-state index in [0.29, 0.717) is 12.1 Å². The van der Waals surface area contributed by atoms with Crippen LogP contribution in [0.3, 0.4) is 0 Å². The number of aryl methyl sites for hydroxylation is 1. The van der Waals surface area contributed by atoms with Crippen LogP contribution in [0.15, 0.2) is 24.3 Å². The van der Waals surface area contributed by atoms with Gasteiger partial charge in [0, 0.05) is 12.1 Å². The summed E-state index contributed by atoms with van der Waals surface area (Å²) in [5.74, 6) is -6.88. The lowest BCUT2D eigenvalue weighted by Gasteiger charge is -2.08. The van der Waals surface area contributed by atoms with E-state index in [0.717, 1.165) is 12.1 Å². The van der Waals surface area contributed by atoms with Crippen molar-refractivity contribution in [2.75, 3.05) is 0 Å². The standard InChI is InChI=1S/C15H7F4NO2/c1-7-2-12(18)14(13(19)3-7)15(21)22-8-4-10(16)9(6-20)11(17)5-8/h2-5H,1H3. The number of nitriles is 1. The molecule has 0 aliphatic heterocycles. The third-order valence-corrected chi connectivity index (χ3v) is 2.73. The Kier molecular flexibility index (Phi) is 4.13. The summed E-state index contributed by atoms with van der Waals surface area (Å²) in [5, 5.41) is 8.51. The van der Waals surface area contributed by atoms with Crippen molar-refractivity contribution in [3.05, 3.63) is 64.2 Å². The Balaban J connectivity index is 2.37. The van der Waals surface area contributed by atoms with Crippen LogP contribution in [0.4, 0.5) is 17.6 Å². The van der Waals surface area contributed by atoms with Gasteiger partial charge in [0.1, 0.15) is 46.2 Å². The maximum Gasteiger partial charge on any atom is 0.349 e. The van der Waals surface area contributed by atoms with Crippen molar-refractivity contribution in [1.82, 2.24) is 0 Å². The Hall–Kier alpha value is -2.88. The van der Waals surface area contributed by atoms with Gasteiger partial charge in [0.2, 0.25) is 0 Å². The first kappa shape index (κ1) is 15.5. The monoisotopic (exact) mass is 309 g/mol. The van der Waals surface area contributed by atoms with Gasteiger partial charge in [0.25, 0.3) is 0 Å². The van der Waals surface area contributed by atoms with Crippen LogP contribution in [0.1, 0.15) is 21.5 Å².